The zero-order valence-electron chi connectivity index (χ0n) is 5.53. The van der Waals surface area contributed by atoms with E-state index in [1.165, 1.54) is 6.20 Å². The van der Waals surface area contributed by atoms with Crippen molar-refractivity contribution in [2.45, 2.75) is 6.54 Å². The molecule has 0 aliphatic rings. The van der Waals surface area contributed by atoms with Crippen molar-refractivity contribution in [2.75, 3.05) is 0 Å². The van der Waals surface area contributed by atoms with Crippen molar-refractivity contribution in [1.29, 1.82) is 0 Å². The number of allylic oxidation sites excluding steroid dienone is 1. The number of carbonyl (C=O) groups excluding carboxylic acids is 1. The van der Waals surface area contributed by atoms with Crippen LogP contribution in [0.25, 0.3) is 0 Å². The lowest BCUT2D eigenvalue weighted by Gasteiger charge is -1.95. The molecular formula is C7H8N2O. The van der Waals surface area contributed by atoms with Crippen LogP contribution in [0.3, 0.4) is 0 Å². The lowest BCUT2D eigenvalue weighted by atomic mass is 10.5. The van der Waals surface area contributed by atoms with Crippen LogP contribution in [-0.2, 0) is 6.54 Å². The number of nitrogens with zero attached hydrogens (tertiary/aromatic N) is 2. The van der Waals surface area contributed by atoms with Crippen LogP contribution in [0.2, 0.25) is 0 Å². The van der Waals surface area contributed by atoms with Crippen molar-refractivity contribution in [3.05, 3.63) is 30.9 Å². The van der Waals surface area contributed by atoms with E-state index in [1.807, 2.05) is 0 Å². The molecule has 3 nitrogen and oxygen atoms in total. The summed E-state index contributed by atoms with van der Waals surface area (Å²) >= 11 is 0. The Balaban J connectivity index is 2.89. The maximum Gasteiger partial charge on any atom is 0.168 e. The van der Waals surface area contributed by atoms with Gasteiger partial charge in [0, 0.05) is 6.54 Å². The van der Waals surface area contributed by atoms with Crippen LogP contribution in [0.15, 0.2) is 25.2 Å². The summed E-state index contributed by atoms with van der Waals surface area (Å²) in [5, 5.41) is 0. The number of aromatic nitrogens is 2. The van der Waals surface area contributed by atoms with Crippen LogP contribution in [-0.4, -0.2) is 15.8 Å². The summed E-state index contributed by atoms with van der Waals surface area (Å²) in [6.07, 6.45) is 5.62. The third-order valence-corrected chi connectivity index (χ3v) is 1.19. The van der Waals surface area contributed by atoms with Gasteiger partial charge in [0.05, 0.1) is 12.5 Å². The molecule has 0 saturated heterocycles. The van der Waals surface area contributed by atoms with Gasteiger partial charge in [-0.2, -0.15) is 0 Å². The smallest absolute Gasteiger partial charge is 0.168 e. The first-order chi connectivity index (χ1) is 4.88. The molecule has 10 heavy (non-hydrogen) atoms. The molecule has 0 bridgehead atoms. The Morgan fingerprint density at radius 3 is 3.20 bits per heavy atom. The summed E-state index contributed by atoms with van der Waals surface area (Å²) < 4.78 is 1.72. The van der Waals surface area contributed by atoms with E-state index in [0.717, 1.165) is 6.29 Å². The molecule has 0 aromatic carbocycles. The van der Waals surface area contributed by atoms with Crippen LogP contribution in [0.1, 0.15) is 10.5 Å². The SMILES string of the molecule is C=CCn1cncc1C=O. The van der Waals surface area contributed by atoms with E-state index >= 15 is 0 Å². The van der Waals surface area contributed by atoms with Crippen molar-refractivity contribution >= 4 is 6.29 Å². The number of imidazole rings is 1. The number of hydrogen-bond acceptors (Lipinski definition) is 2. The molecule has 0 N–H and O–H groups in total. The monoisotopic (exact) mass is 136 g/mol. The van der Waals surface area contributed by atoms with E-state index in [9.17, 15) is 4.79 Å². The van der Waals surface area contributed by atoms with E-state index in [2.05, 4.69) is 11.6 Å². The molecule has 0 aliphatic heterocycles. The highest BCUT2D eigenvalue weighted by molar-refractivity contribution is 5.71. The normalized spacial score (nSPS) is 9.20. The molecule has 0 radical (unpaired) electrons. The molecule has 0 fully saturated rings. The predicted octanol–water partition coefficient (Wildman–Crippen LogP) is 0.882. The molecule has 1 aromatic rings. The van der Waals surface area contributed by atoms with E-state index in [-0.39, 0.29) is 0 Å². The minimum atomic E-state index is 0.583. The Hall–Kier alpha value is -1.38. The number of aldehydes is 1. The Morgan fingerprint density at radius 1 is 1.80 bits per heavy atom. The van der Waals surface area contributed by atoms with Gasteiger partial charge in [-0.3, -0.25) is 4.79 Å². The van der Waals surface area contributed by atoms with Gasteiger partial charge in [-0.05, 0) is 0 Å². The maximum absolute atomic E-state index is 10.3. The highest BCUT2D eigenvalue weighted by Crippen LogP contribution is 1.94. The fraction of sp³-hybridized carbons (Fsp3) is 0.143. The van der Waals surface area contributed by atoms with E-state index in [0.29, 0.717) is 12.2 Å². The van der Waals surface area contributed by atoms with Gasteiger partial charge < -0.3 is 4.57 Å². The van der Waals surface area contributed by atoms with Crippen LogP contribution < -0.4 is 0 Å². The van der Waals surface area contributed by atoms with E-state index in [4.69, 9.17) is 0 Å². The maximum atomic E-state index is 10.3. The van der Waals surface area contributed by atoms with Crippen molar-refractivity contribution in [1.82, 2.24) is 9.55 Å². The lowest BCUT2D eigenvalue weighted by Crippen LogP contribution is -1.97. The zero-order valence-corrected chi connectivity index (χ0v) is 5.53. The largest absolute Gasteiger partial charge is 0.325 e. The van der Waals surface area contributed by atoms with Gasteiger partial charge in [-0.25, -0.2) is 4.98 Å². The molecule has 0 atom stereocenters. The van der Waals surface area contributed by atoms with Crippen LogP contribution in [0.5, 0.6) is 0 Å². The van der Waals surface area contributed by atoms with Gasteiger partial charge in [-0.15, -0.1) is 6.58 Å². The second kappa shape index (κ2) is 2.96. The Labute approximate surface area is 59.0 Å². The summed E-state index contributed by atoms with van der Waals surface area (Å²) in [7, 11) is 0. The summed E-state index contributed by atoms with van der Waals surface area (Å²) in [6, 6.07) is 0. The molecule has 0 amide bonds. The van der Waals surface area contributed by atoms with Gasteiger partial charge in [0.2, 0.25) is 0 Å². The zero-order chi connectivity index (χ0) is 7.40. The standard InChI is InChI=1S/C7H8N2O/c1-2-3-9-6-8-4-7(9)5-10/h2,4-6H,1,3H2. The fourth-order valence-corrected chi connectivity index (χ4v) is 0.721. The van der Waals surface area contributed by atoms with Crippen LogP contribution >= 0.6 is 0 Å². The van der Waals surface area contributed by atoms with Crippen LogP contribution in [0.4, 0.5) is 0 Å². The molecule has 0 unspecified atom stereocenters. The molecule has 0 saturated carbocycles. The molecule has 0 spiro atoms. The summed E-state index contributed by atoms with van der Waals surface area (Å²) in [5.74, 6) is 0. The minimum Gasteiger partial charge on any atom is -0.325 e. The Kier molecular flexibility index (Phi) is 1.99. The first-order valence-corrected chi connectivity index (χ1v) is 2.94. The van der Waals surface area contributed by atoms with Crippen LogP contribution in [0, 0.1) is 0 Å². The summed E-state index contributed by atoms with van der Waals surface area (Å²) in [4.78, 5) is 14.1. The second-order valence-electron chi connectivity index (χ2n) is 1.88. The van der Waals surface area contributed by atoms with Gasteiger partial charge in [-0.1, -0.05) is 6.08 Å². The fourth-order valence-electron chi connectivity index (χ4n) is 0.721. The average Bonchev–Trinajstić information content (AvgIpc) is 2.36. The van der Waals surface area contributed by atoms with E-state index in [1.54, 1.807) is 17.0 Å². The quantitative estimate of drug-likeness (QED) is 0.456. The number of hydrogen-bond donors (Lipinski definition) is 0. The van der Waals surface area contributed by atoms with Gasteiger partial charge in [0.15, 0.2) is 6.29 Å². The molecular weight excluding hydrogens is 128 g/mol. The average molecular weight is 136 g/mol. The highest BCUT2D eigenvalue weighted by Gasteiger charge is 1.95. The summed E-state index contributed by atoms with van der Waals surface area (Å²) in [6.45, 7) is 4.18. The second-order valence-corrected chi connectivity index (χ2v) is 1.88. The lowest BCUT2D eigenvalue weighted by molar-refractivity contribution is 0.111. The highest BCUT2D eigenvalue weighted by atomic mass is 16.1. The third-order valence-electron chi connectivity index (χ3n) is 1.19. The number of rotatable bonds is 3. The van der Waals surface area contributed by atoms with Crippen molar-refractivity contribution in [2.24, 2.45) is 0 Å². The van der Waals surface area contributed by atoms with E-state index < -0.39 is 0 Å². The Bertz CT molecular complexity index is 240. The Morgan fingerprint density at radius 2 is 2.60 bits per heavy atom. The first-order valence-electron chi connectivity index (χ1n) is 2.94. The molecule has 0 aliphatic carbocycles. The number of carbonyl (C=O) groups is 1. The third kappa shape index (κ3) is 1.13. The molecule has 1 aromatic heterocycles. The van der Waals surface area contributed by atoms with Gasteiger partial charge in [0.1, 0.15) is 5.69 Å². The van der Waals surface area contributed by atoms with Crippen molar-refractivity contribution in [3.8, 4) is 0 Å². The molecule has 1 heterocycles. The molecule has 3 heteroatoms. The first kappa shape index (κ1) is 6.74. The van der Waals surface area contributed by atoms with Gasteiger partial charge >= 0.3 is 0 Å². The van der Waals surface area contributed by atoms with Crippen molar-refractivity contribution < 1.29 is 4.79 Å². The minimum absolute atomic E-state index is 0.583. The van der Waals surface area contributed by atoms with Gasteiger partial charge in [0.25, 0.3) is 0 Å². The molecule has 1 rings (SSSR count). The topological polar surface area (TPSA) is 34.9 Å². The van der Waals surface area contributed by atoms with Crippen molar-refractivity contribution in [3.63, 3.8) is 0 Å². The summed E-state index contributed by atoms with van der Waals surface area (Å²) in [5.41, 5.74) is 0.583. The molecule has 52 valence electrons. The predicted molar refractivity (Wildman–Crippen MR) is 37.8 cm³/mol.